The molecule has 0 bridgehead atoms. The van der Waals surface area contributed by atoms with E-state index in [1.165, 1.54) is 12.1 Å². The first-order valence-corrected chi connectivity index (χ1v) is 12.2. The Morgan fingerprint density at radius 2 is 2.11 bits per heavy atom. The van der Waals surface area contributed by atoms with E-state index in [9.17, 15) is 23.1 Å². The number of hydrogen-bond donors (Lipinski definition) is 2. The highest BCUT2D eigenvalue weighted by molar-refractivity contribution is 8.18. The number of allylic oxidation sites excluding steroid dienone is 1. The predicted octanol–water partition coefficient (Wildman–Crippen LogP) is 4.51. The number of nitrogens with zero attached hydrogens (tertiary/aromatic N) is 3. The second-order valence-electron chi connectivity index (χ2n) is 8.36. The molecule has 1 saturated heterocycles. The number of aliphatic hydroxyl groups is 1. The van der Waals surface area contributed by atoms with E-state index in [1.807, 2.05) is 0 Å². The molecule has 36 heavy (non-hydrogen) atoms. The fourth-order valence-electron chi connectivity index (χ4n) is 4.27. The van der Waals surface area contributed by atoms with E-state index in [1.54, 1.807) is 29.3 Å². The van der Waals surface area contributed by atoms with Crippen LogP contribution in [0.5, 0.6) is 0 Å². The van der Waals surface area contributed by atoms with Gasteiger partial charge < -0.3 is 14.7 Å². The molecule has 1 fully saturated rings. The largest absolute Gasteiger partial charge is 0.416 e. The molecular weight excluding hydrogens is 517 g/mol. The van der Waals surface area contributed by atoms with Gasteiger partial charge in [-0.2, -0.15) is 23.3 Å². The summed E-state index contributed by atoms with van der Waals surface area (Å²) in [7, 11) is 0. The molecule has 1 atom stereocenters. The monoisotopic (exact) mass is 536 g/mol. The Morgan fingerprint density at radius 3 is 2.89 bits per heavy atom. The van der Waals surface area contributed by atoms with E-state index < -0.39 is 17.6 Å². The number of morpholine rings is 1. The highest BCUT2D eigenvalue weighted by Gasteiger charge is 2.36. The summed E-state index contributed by atoms with van der Waals surface area (Å²) in [4.78, 5) is 19.4. The molecule has 5 rings (SSSR count). The molecule has 2 aliphatic rings. The van der Waals surface area contributed by atoms with Crippen LogP contribution in [0, 0.1) is 0 Å². The van der Waals surface area contributed by atoms with Crippen LogP contribution in [0.4, 0.5) is 13.2 Å². The summed E-state index contributed by atoms with van der Waals surface area (Å²) >= 11 is 6.98. The van der Waals surface area contributed by atoms with E-state index in [4.69, 9.17) is 16.3 Å². The number of carbonyl (C=O) groups excluding carboxylic acids is 1. The lowest BCUT2D eigenvalue weighted by atomic mass is 9.93. The maximum absolute atomic E-state index is 13.9. The van der Waals surface area contributed by atoms with Gasteiger partial charge in [0, 0.05) is 17.0 Å². The number of aromatic nitrogens is 2. The molecular formula is C24H20ClF3N4O3S. The van der Waals surface area contributed by atoms with Crippen LogP contribution in [-0.4, -0.2) is 63.7 Å². The van der Waals surface area contributed by atoms with E-state index in [-0.39, 0.29) is 41.2 Å². The minimum atomic E-state index is -4.62. The van der Waals surface area contributed by atoms with Crippen molar-refractivity contribution in [3.63, 3.8) is 0 Å². The molecule has 0 spiro atoms. The van der Waals surface area contributed by atoms with Crippen molar-refractivity contribution in [3.8, 4) is 0 Å². The average molecular weight is 537 g/mol. The topological polar surface area (TPSA) is 90.8 Å². The lowest BCUT2D eigenvalue weighted by Crippen LogP contribution is -2.49. The Morgan fingerprint density at radius 1 is 1.28 bits per heavy atom. The highest BCUT2D eigenvalue weighted by Crippen LogP contribution is 2.41. The fourth-order valence-corrected chi connectivity index (χ4v) is 5.55. The van der Waals surface area contributed by atoms with Gasteiger partial charge in [0.15, 0.2) is 5.17 Å². The Labute approximate surface area is 213 Å². The molecule has 2 aromatic carbocycles. The third-order valence-corrected chi connectivity index (χ3v) is 7.44. The molecule has 0 saturated carbocycles. The molecule has 1 amide bonds. The van der Waals surface area contributed by atoms with Crippen molar-refractivity contribution in [1.29, 1.82) is 0 Å². The number of nitrogens with one attached hydrogen (secondary N) is 1. The van der Waals surface area contributed by atoms with Gasteiger partial charge in [0.25, 0.3) is 5.91 Å². The minimum Gasteiger partial charge on any atom is -0.394 e. The summed E-state index contributed by atoms with van der Waals surface area (Å²) < 4.78 is 47.0. The van der Waals surface area contributed by atoms with Crippen molar-refractivity contribution >= 4 is 50.9 Å². The second-order valence-corrected chi connectivity index (χ2v) is 9.78. The zero-order chi connectivity index (χ0) is 25.4. The number of fused-ring (bicyclic) bond motifs is 1. The van der Waals surface area contributed by atoms with Gasteiger partial charge in [-0.1, -0.05) is 23.7 Å². The molecule has 0 radical (unpaired) electrons. The highest BCUT2D eigenvalue weighted by atomic mass is 35.5. The molecule has 3 heterocycles. The third kappa shape index (κ3) is 4.88. The number of amidine groups is 1. The van der Waals surface area contributed by atoms with E-state index >= 15 is 0 Å². The number of alkyl halides is 3. The van der Waals surface area contributed by atoms with Crippen LogP contribution in [0.15, 0.2) is 52.5 Å². The SMILES string of the molecule is O=C1N=C(N2CCOC[C@H]2CO)SC1=C(Cc1ccc(Cl)cc1C(F)(F)F)c1ccc2[nH]ncc2c1. The summed E-state index contributed by atoms with van der Waals surface area (Å²) in [6, 6.07) is 8.54. The van der Waals surface area contributed by atoms with Crippen LogP contribution >= 0.6 is 23.4 Å². The Kier molecular flexibility index (Phi) is 6.82. The zero-order valence-electron chi connectivity index (χ0n) is 18.7. The van der Waals surface area contributed by atoms with Crippen LogP contribution in [0.2, 0.25) is 5.02 Å². The third-order valence-electron chi connectivity index (χ3n) is 6.08. The van der Waals surface area contributed by atoms with Gasteiger partial charge >= 0.3 is 6.18 Å². The van der Waals surface area contributed by atoms with E-state index in [2.05, 4.69) is 15.2 Å². The number of rotatable bonds is 4. The molecule has 3 aromatic rings. The number of H-pyrrole nitrogens is 1. The van der Waals surface area contributed by atoms with Crippen LogP contribution in [-0.2, 0) is 22.1 Å². The van der Waals surface area contributed by atoms with Gasteiger partial charge in [-0.05, 0) is 59.1 Å². The maximum Gasteiger partial charge on any atom is 0.416 e. The van der Waals surface area contributed by atoms with E-state index in [0.717, 1.165) is 28.7 Å². The molecule has 12 heteroatoms. The van der Waals surface area contributed by atoms with Gasteiger partial charge in [0.2, 0.25) is 0 Å². The zero-order valence-corrected chi connectivity index (χ0v) is 20.3. The molecule has 2 N–H and O–H groups in total. The standard InChI is InChI=1S/C24H20ClF3N4O3S/c25-16-3-1-14(19(9-16)24(26,27)28)8-18(13-2-4-20-15(7-13)10-29-31-20)21-22(34)30-23(36-21)32-5-6-35-12-17(32)11-33/h1-4,7,9-10,17,33H,5-6,8,11-12H2,(H,29,31)/t17-/m1/s1. The number of aliphatic hydroxyl groups excluding tert-OH is 1. The number of carbonyl (C=O) groups is 1. The number of aromatic amines is 1. The van der Waals surface area contributed by atoms with Gasteiger partial charge in [-0.15, -0.1) is 0 Å². The number of ether oxygens (including phenoxy) is 1. The average Bonchev–Trinajstić information content (AvgIpc) is 3.48. The van der Waals surface area contributed by atoms with Crippen molar-refractivity contribution in [2.45, 2.75) is 18.6 Å². The Hall–Kier alpha value is -2.86. The molecule has 188 valence electrons. The van der Waals surface area contributed by atoms with Crippen LogP contribution in [0.1, 0.15) is 16.7 Å². The molecule has 2 aliphatic heterocycles. The van der Waals surface area contributed by atoms with Gasteiger partial charge in [0.05, 0.1) is 48.0 Å². The normalized spacial score (nSPS) is 20.2. The molecule has 0 unspecified atom stereocenters. The van der Waals surface area contributed by atoms with Gasteiger partial charge in [-0.3, -0.25) is 9.89 Å². The number of halogens is 4. The van der Waals surface area contributed by atoms with Crippen molar-refractivity contribution < 1.29 is 27.8 Å². The van der Waals surface area contributed by atoms with Crippen molar-refractivity contribution in [2.24, 2.45) is 4.99 Å². The van der Waals surface area contributed by atoms with Crippen molar-refractivity contribution in [2.75, 3.05) is 26.4 Å². The first kappa shape index (κ1) is 24.8. The first-order chi connectivity index (χ1) is 17.2. The number of amides is 1. The molecule has 1 aromatic heterocycles. The summed E-state index contributed by atoms with van der Waals surface area (Å²) in [5, 5.41) is 17.7. The van der Waals surface area contributed by atoms with Crippen LogP contribution < -0.4 is 0 Å². The van der Waals surface area contributed by atoms with E-state index in [0.29, 0.717) is 29.5 Å². The molecule has 7 nitrogen and oxygen atoms in total. The Balaban J connectivity index is 1.60. The number of aliphatic imine (C=N–C) groups is 1. The summed E-state index contributed by atoms with van der Waals surface area (Å²) in [5.41, 5.74) is 0.881. The summed E-state index contributed by atoms with van der Waals surface area (Å²) in [6.45, 7) is 0.944. The number of thioether (sulfide) groups is 1. The lowest BCUT2D eigenvalue weighted by molar-refractivity contribution is -0.138. The first-order valence-electron chi connectivity index (χ1n) is 11.0. The predicted molar refractivity (Wildman–Crippen MR) is 132 cm³/mol. The lowest BCUT2D eigenvalue weighted by Gasteiger charge is -2.35. The second kappa shape index (κ2) is 9.89. The number of benzene rings is 2. The fraction of sp³-hybridized carbons (Fsp3) is 0.292. The minimum absolute atomic E-state index is 0.0110. The summed E-state index contributed by atoms with van der Waals surface area (Å²) in [5.74, 6) is -0.539. The Bertz CT molecular complexity index is 1390. The maximum atomic E-state index is 13.9. The van der Waals surface area contributed by atoms with Crippen molar-refractivity contribution in [1.82, 2.24) is 15.1 Å². The number of hydrogen-bond acceptors (Lipinski definition) is 6. The smallest absolute Gasteiger partial charge is 0.394 e. The summed E-state index contributed by atoms with van der Waals surface area (Å²) in [6.07, 6.45) is -3.18. The quantitative estimate of drug-likeness (QED) is 0.477. The van der Waals surface area contributed by atoms with Gasteiger partial charge in [-0.25, -0.2) is 0 Å². The van der Waals surface area contributed by atoms with Crippen LogP contribution in [0.25, 0.3) is 16.5 Å². The van der Waals surface area contributed by atoms with Crippen LogP contribution in [0.3, 0.4) is 0 Å². The molecule has 0 aliphatic carbocycles. The van der Waals surface area contributed by atoms with Crippen molar-refractivity contribution in [3.05, 3.63) is 69.2 Å². The van der Waals surface area contributed by atoms with Gasteiger partial charge in [0.1, 0.15) is 0 Å².